The van der Waals surface area contributed by atoms with Crippen LogP contribution < -0.4 is 10.5 Å². The summed E-state index contributed by atoms with van der Waals surface area (Å²) in [5.74, 6) is 1.13. The minimum Gasteiger partial charge on any atom is -0.480 e. The van der Waals surface area contributed by atoms with E-state index in [-0.39, 0.29) is 12.5 Å². The summed E-state index contributed by atoms with van der Waals surface area (Å²) in [4.78, 5) is 24.0. The van der Waals surface area contributed by atoms with Crippen LogP contribution >= 0.6 is 15.9 Å². The van der Waals surface area contributed by atoms with Gasteiger partial charge in [0.15, 0.2) is 5.82 Å². The Hall–Kier alpha value is -3.60. The van der Waals surface area contributed by atoms with Crippen molar-refractivity contribution in [2.24, 2.45) is 7.05 Å². The van der Waals surface area contributed by atoms with Crippen LogP contribution in [0.5, 0.6) is 5.88 Å². The molecule has 0 saturated heterocycles. The Morgan fingerprint density at radius 2 is 2.06 bits per heavy atom. The average Bonchev–Trinajstić information content (AvgIpc) is 3.23. The van der Waals surface area contributed by atoms with Crippen LogP contribution in [0.3, 0.4) is 0 Å². The number of nitrogens with two attached hydrogens (primary N) is 1. The number of hydrogen-bond donors (Lipinski definition) is 1. The Morgan fingerprint density at radius 3 is 2.72 bits per heavy atom. The Labute approximate surface area is 192 Å². The molecular formula is C21H21BrN8O2. The van der Waals surface area contributed by atoms with Crippen molar-refractivity contribution in [1.82, 2.24) is 34.8 Å². The molecule has 1 aromatic carbocycles. The van der Waals surface area contributed by atoms with Crippen molar-refractivity contribution in [2.45, 2.75) is 19.5 Å². The molecule has 11 heteroatoms. The fourth-order valence-electron chi connectivity index (χ4n) is 3.25. The molecule has 1 atom stereocenters. The maximum absolute atomic E-state index is 13.6. The van der Waals surface area contributed by atoms with E-state index in [1.165, 1.54) is 7.11 Å². The lowest BCUT2D eigenvalue weighted by Gasteiger charge is -2.27. The van der Waals surface area contributed by atoms with Crippen LogP contribution in [0.15, 0.2) is 47.2 Å². The van der Waals surface area contributed by atoms with Gasteiger partial charge in [-0.25, -0.2) is 9.97 Å². The first-order chi connectivity index (χ1) is 15.4. The molecule has 1 amide bonds. The normalized spacial score (nSPS) is 12.0. The monoisotopic (exact) mass is 496 g/mol. The number of carbonyl (C=O) groups is 1. The van der Waals surface area contributed by atoms with Gasteiger partial charge in [-0.15, -0.1) is 5.10 Å². The summed E-state index contributed by atoms with van der Waals surface area (Å²) in [7, 11) is 3.30. The van der Waals surface area contributed by atoms with Gasteiger partial charge in [-0.1, -0.05) is 0 Å². The van der Waals surface area contributed by atoms with Crippen LogP contribution in [0.2, 0.25) is 0 Å². The summed E-state index contributed by atoms with van der Waals surface area (Å²) in [6, 6.07) is 10.2. The second-order valence-corrected chi connectivity index (χ2v) is 8.07. The van der Waals surface area contributed by atoms with Gasteiger partial charge in [0.25, 0.3) is 5.91 Å². The first-order valence-corrected chi connectivity index (χ1v) is 10.5. The number of fused-ring (bicyclic) bond motifs is 1. The molecule has 0 aliphatic carbocycles. The zero-order chi connectivity index (χ0) is 22.8. The number of nitrogens with zero attached hydrogens (tertiary/aromatic N) is 7. The van der Waals surface area contributed by atoms with Gasteiger partial charge in [-0.3, -0.25) is 9.48 Å². The summed E-state index contributed by atoms with van der Waals surface area (Å²) >= 11 is 3.39. The molecule has 0 aliphatic rings. The van der Waals surface area contributed by atoms with Crippen LogP contribution in [0, 0.1) is 0 Å². The minimum absolute atomic E-state index is 0.197. The van der Waals surface area contributed by atoms with Gasteiger partial charge in [0.05, 0.1) is 35.4 Å². The summed E-state index contributed by atoms with van der Waals surface area (Å²) in [6.07, 6.45) is 1.60. The van der Waals surface area contributed by atoms with Crippen molar-refractivity contribution >= 4 is 38.6 Å². The summed E-state index contributed by atoms with van der Waals surface area (Å²) in [6.45, 7) is 2.10. The quantitative estimate of drug-likeness (QED) is 0.431. The second-order valence-electron chi connectivity index (χ2n) is 7.22. The molecule has 10 nitrogen and oxygen atoms in total. The van der Waals surface area contributed by atoms with Gasteiger partial charge in [0.1, 0.15) is 12.1 Å². The third-order valence-electron chi connectivity index (χ3n) is 5.00. The Kier molecular flexibility index (Phi) is 5.99. The third kappa shape index (κ3) is 4.37. The molecule has 4 aromatic rings. The molecular weight excluding hydrogens is 476 g/mol. The fraction of sp³-hybridized carbons (Fsp3) is 0.238. The van der Waals surface area contributed by atoms with E-state index in [0.29, 0.717) is 38.8 Å². The van der Waals surface area contributed by atoms with E-state index < -0.39 is 6.04 Å². The van der Waals surface area contributed by atoms with Gasteiger partial charge >= 0.3 is 0 Å². The number of ether oxygens (including phenoxy) is 1. The van der Waals surface area contributed by atoms with Crippen LogP contribution in [0.25, 0.3) is 10.9 Å². The number of methoxy groups -OCH3 is 1. The highest BCUT2D eigenvalue weighted by molar-refractivity contribution is 9.10. The van der Waals surface area contributed by atoms with Crippen molar-refractivity contribution in [3.8, 4) is 5.88 Å². The van der Waals surface area contributed by atoms with Gasteiger partial charge in [0.2, 0.25) is 5.88 Å². The molecule has 0 saturated carbocycles. The summed E-state index contributed by atoms with van der Waals surface area (Å²) in [5.41, 5.74) is 7.69. The van der Waals surface area contributed by atoms with Gasteiger partial charge in [-0.05, 0) is 53.2 Å². The van der Waals surface area contributed by atoms with Gasteiger partial charge in [0, 0.05) is 24.1 Å². The molecule has 0 radical (unpaired) electrons. The third-order valence-corrected chi connectivity index (χ3v) is 5.63. The maximum Gasteiger partial charge on any atom is 0.254 e. The number of aryl methyl sites for hydroxylation is 1. The van der Waals surface area contributed by atoms with E-state index >= 15 is 0 Å². The molecule has 32 heavy (non-hydrogen) atoms. The highest BCUT2D eigenvalue weighted by Gasteiger charge is 2.26. The van der Waals surface area contributed by atoms with Crippen molar-refractivity contribution in [1.29, 1.82) is 0 Å². The summed E-state index contributed by atoms with van der Waals surface area (Å²) < 4.78 is 7.35. The topological polar surface area (TPSA) is 125 Å². The maximum atomic E-state index is 13.6. The van der Waals surface area contributed by atoms with Crippen molar-refractivity contribution in [3.05, 3.63) is 64.3 Å². The van der Waals surface area contributed by atoms with Gasteiger partial charge < -0.3 is 15.4 Å². The first-order valence-electron chi connectivity index (χ1n) is 9.74. The number of pyridine rings is 1. The highest BCUT2D eigenvalue weighted by Crippen LogP contribution is 2.26. The van der Waals surface area contributed by atoms with Crippen molar-refractivity contribution in [2.75, 3.05) is 12.8 Å². The highest BCUT2D eigenvalue weighted by atomic mass is 79.9. The molecule has 0 unspecified atom stereocenters. The largest absolute Gasteiger partial charge is 0.480 e. The molecule has 3 heterocycles. The van der Waals surface area contributed by atoms with E-state index in [9.17, 15) is 4.79 Å². The first kappa shape index (κ1) is 21.6. The van der Waals surface area contributed by atoms with E-state index in [4.69, 9.17) is 10.5 Å². The molecule has 0 aliphatic heterocycles. The lowest BCUT2D eigenvalue weighted by atomic mass is 10.1. The molecule has 0 spiro atoms. The number of aromatic nitrogens is 6. The van der Waals surface area contributed by atoms with Crippen molar-refractivity contribution in [3.63, 3.8) is 0 Å². The number of anilines is 1. The number of nitrogen functional groups attached to an aromatic ring is 1. The Bertz CT molecular complexity index is 1270. The Balaban J connectivity index is 1.71. The predicted molar refractivity (Wildman–Crippen MR) is 122 cm³/mol. The number of hydrogen-bond acceptors (Lipinski definition) is 8. The second kappa shape index (κ2) is 8.87. The van der Waals surface area contributed by atoms with Crippen LogP contribution in [0.4, 0.5) is 5.82 Å². The van der Waals surface area contributed by atoms with Gasteiger partial charge in [-0.2, -0.15) is 10.2 Å². The van der Waals surface area contributed by atoms with Crippen LogP contribution in [-0.4, -0.2) is 47.9 Å². The number of amides is 1. The molecule has 4 rings (SSSR count). The van der Waals surface area contributed by atoms with E-state index in [1.54, 1.807) is 53.3 Å². The lowest BCUT2D eigenvalue weighted by Crippen LogP contribution is -2.34. The zero-order valence-corrected chi connectivity index (χ0v) is 19.3. The predicted octanol–water partition coefficient (Wildman–Crippen LogP) is 2.91. The minimum atomic E-state index is -0.403. The zero-order valence-electron chi connectivity index (χ0n) is 17.7. The molecule has 2 N–H and O–H groups in total. The number of rotatable bonds is 6. The fourth-order valence-corrected chi connectivity index (χ4v) is 3.59. The summed E-state index contributed by atoms with van der Waals surface area (Å²) in [5, 5.41) is 13.3. The number of benzene rings is 1. The Morgan fingerprint density at radius 1 is 1.25 bits per heavy atom. The lowest BCUT2D eigenvalue weighted by molar-refractivity contribution is 0.0663. The van der Waals surface area contributed by atoms with Crippen LogP contribution in [0.1, 0.15) is 34.8 Å². The molecule has 3 aromatic heterocycles. The molecule has 164 valence electrons. The SMILES string of the molecule is COc1ccc(CN(C(=O)c2ccc3nc(N)c(Br)cc3c2)[C@@H](C)c2ncn(C)n2)nn1. The standard InChI is InChI=1S/C21H21BrN8O2/c1-12(20-24-11-29(2)28-20)30(10-15-5-7-18(32-3)27-26-15)21(31)13-4-6-17-14(8-13)9-16(22)19(23)25-17/h4-9,11-12H,10H2,1-3H3,(H2,23,25)/t12-/m0/s1. The average molecular weight is 497 g/mol. The van der Waals surface area contributed by atoms with E-state index in [2.05, 4.69) is 41.2 Å². The van der Waals surface area contributed by atoms with E-state index in [1.807, 2.05) is 13.0 Å². The van der Waals surface area contributed by atoms with E-state index in [0.717, 1.165) is 5.39 Å². The number of halogens is 1. The van der Waals surface area contributed by atoms with Crippen molar-refractivity contribution < 1.29 is 9.53 Å². The number of carbonyl (C=O) groups excluding carboxylic acids is 1. The molecule has 0 bridgehead atoms. The molecule has 0 fully saturated rings. The van der Waals surface area contributed by atoms with Crippen LogP contribution in [-0.2, 0) is 13.6 Å². The smallest absolute Gasteiger partial charge is 0.254 e.